The number of benzene rings is 1. The van der Waals surface area contributed by atoms with Gasteiger partial charge in [0.1, 0.15) is 11.5 Å². The number of aromatic nitrogens is 3. The minimum atomic E-state index is -0.476. The third-order valence-electron chi connectivity index (χ3n) is 4.17. The van der Waals surface area contributed by atoms with Gasteiger partial charge < -0.3 is 10.3 Å². The topological polar surface area (TPSA) is 62.7 Å². The van der Waals surface area contributed by atoms with Gasteiger partial charge in [0.05, 0.1) is 17.8 Å². The summed E-state index contributed by atoms with van der Waals surface area (Å²) >= 11 is 5.87. The Morgan fingerprint density at radius 3 is 2.92 bits per heavy atom. The molecular formula is C18H20ClFN4O. The zero-order chi connectivity index (χ0) is 18.0. The third-order valence-corrected chi connectivity index (χ3v) is 4.39. The second kappa shape index (κ2) is 7.27. The number of unbranched alkanes of at least 4 members (excludes halogenated alkanes) is 1. The number of carbonyl (C=O) groups excluding carboxylic acids is 1. The lowest BCUT2D eigenvalue weighted by molar-refractivity contribution is 0.0930. The van der Waals surface area contributed by atoms with E-state index < -0.39 is 5.82 Å². The van der Waals surface area contributed by atoms with Crippen LogP contribution in [0.1, 0.15) is 48.3 Å². The minimum Gasteiger partial charge on any atom is -0.348 e. The van der Waals surface area contributed by atoms with Crippen LogP contribution >= 0.6 is 11.6 Å². The molecule has 0 saturated heterocycles. The Hall–Kier alpha value is -2.34. The molecule has 0 aliphatic rings. The maximum absolute atomic E-state index is 14.0. The van der Waals surface area contributed by atoms with Gasteiger partial charge in [0.2, 0.25) is 0 Å². The first-order valence-electron chi connectivity index (χ1n) is 8.25. The number of fused-ring (bicyclic) bond motifs is 1. The standard InChI is InChI=1S/C18H20ClFN4O/c1-3-4-5-15(12-9-21-24(2)10-12)23-18(25)16-7-11-6-13(19)8-14(20)17(11)22-16/h6-10,15,22H,3-5H2,1-2H3,(H,23,25). The average Bonchev–Trinajstić information content (AvgIpc) is 3.17. The number of amides is 1. The SMILES string of the molecule is CCCCC(NC(=O)c1cc2cc(Cl)cc(F)c2[nH]1)c1cnn(C)c1. The van der Waals surface area contributed by atoms with Gasteiger partial charge in [-0.15, -0.1) is 0 Å². The molecule has 3 aromatic rings. The Morgan fingerprint density at radius 2 is 2.24 bits per heavy atom. The number of halogens is 2. The summed E-state index contributed by atoms with van der Waals surface area (Å²) in [4.78, 5) is 15.5. The van der Waals surface area contributed by atoms with Crippen molar-refractivity contribution in [3.63, 3.8) is 0 Å². The summed E-state index contributed by atoms with van der Waals surface area (Å²) in [6.45, 7) is 2.10. The highest BCUT2D eigenvalue weighted by molar-refractivity contribution is 6.31. The number of nitrogens with one attached hydrogen (secondary N) is 2. The summed E-state index contributed by atoms with van der Waals surface area (Å²) < 4.78 is 15.7. The molecule has 1 amide bonds. The maximum atomic E-state index is 14.0. The normalized spacial score (nSPS) is 12.5. The number of aryl methyl sites for hydroxylation is 1. The van der Waals surface area contributed by atoms with Crippen LogP contribution in [0.3, 0.4) is 0 Å². The van der Waals surface area contributed by atoms with E-state index in [-0.39, 0.29) is 17.5 Å². The molecule has 1 aromatic carbocycles. The molecule has 0 saturated carbocycles. The first-order chi connectivity index (χ1) is 12.0. The van der Waals surface area contributed by atoms with E-state index in [1.807, 2.05) is 13.2 Å². The highest BCUT2D eigenvalue weighted by Crippen LogP contribution is 2.24. The van der Waals surface area contributed by atoms with E-state index >= 15 is 0 Å². The van der Waals surface area contributed by atoms with Crippen LogP contribution in [0.4, 0.5) is 4.39 Å². The van der Waals surface area contributed by atoms with Crippen molar-refractivity contribution in [1.82, 2.24) is 20.1 Å². The first-order valence-corrected chi connectivity index (χ1v) is 8.63. The Morgan fingerprint density at radius 1 is 1.44 bits per heavy atom. The van der Waals surface area contributed by atoms with Gasteiger partial charge in [0.25, 0.3) is 5.91 Å². The Bertz CT molecular complexity index is 902. The monoisotopic (exact) mass is 362 g/mol. The molecule has 2 N–H and O–H groups in total. The summed E-state index contributed by atoms with van der Waals surface area (Å²) in [5.41, 5.74) is 1.54. The van der Waals surface area contributed by atoms with Crippen LogP contribution in [-0.2, 0) is 7.05 Å². The lowest BCUT2D eigenvalue weighted by Crippen LogP contribution is -2.28. The van der Waals surface area contributed by atoms with Crippen molar-refractivity contribution in [3.05, 3.63) is 52.7 Å². The highest BCUT2D eigenvalue weighted by atomic mass is 35.5. The predicted molar refractivity (Wildman–Crippen MR) is 96.2 cm³/mol. The van der Waals surface area contributed by atoms with Crippen LogP contribution in [-0.4, -0.2) is 20.7 Å². The van der Waals surface area contributed by atoms with Gasteiger partial charge >= 0.3 is 0 Å². The molecule has 0 bridgehead atoms. The molecule has 1 unspecified atom stereocenters. The Balaban J connectivity index is 1.84. The molecule has 2 heterocycles. The van der Waals surface area contributed by atoms with Crippen LogP contribution in [0.2, 0.25) is 5.02 Å². The van der Waals surface area contributed by atoms with Crippen molar-refractivity contribution in [2.75, 3.05) is 0 Å². The summed E-state index contributed by atoms with van der Waals surface area (Å²) in [5.74, 6) is -0.756. The van der Waals surface area contributed by atoms with Crippen LogP contribution < -0.4 is 5.32 Å². The fraction of sp³-hybridized carbons (Fsp3) is 0.333. The maximum Gasteiger partial charge on any atom is 0.268 e. The molecule has 0 fully saturated rings. The Kier molecular flexibility index (Phi) is 5.08. The lowest BCUT2D eigenvalue weighted by atomic mass is 10.0. The molecule has 2 aromatic heterocycles. The van der Waals surface area contributed by atoms with Gasteiger partial charge in [0, 0.05) is 29.2 Å². The lowest BCUT2D eigenvalue weighted by Gasteiger charge is -2.16. The van der Waals surface area contributed by atoms with Crippen molar-refractivity contribution >= 4 is 28.4 Å². The zero-order valence-electron chi connectivity index (χ0n) is 14.1. The molecular weight excluding hydrogens is 343 g/mol. The van der Waals surface area contributed by atoms with Crippen molar-refractivity contribution in [3.8, 4) is 0 Å². The second-order valence-corrected chi connectivity index (χ2v) is 6.59. The number of carbonyl (C=O) groups is 1. The molecule has 0 radical (unpaired) electrons. The number of hydrogen-bond donors (Lipinski definition) is 2. The van der Waals surface area contributed by atoms with E-state index in [0.717, 1.165) is 24.8 Å². The number of nitrogens with zero attached hydrogens (tertiary/aromatic N) is 2. The van der Waals surface area contributed by atoms with Crippen LogP contribution in [0.25, 0.3) is 10.9 Å². The molecule has 1 atom stereocenters. The summed E-state index contributed by atoms with van der Waals surface area (Å²) in [6.07, 6.45) is 6.48. The quantitative estimate of drug-likeness (QED) is 0.684. The number of H-pyrrole nitrogens is 1. The first kappa shape index (κ1) is 17.5. The van der Waals surface area contributed by atoms with E-state index in [1.54, 1.807) is 23.0 Å². The van der Waals surface area contributed by atoms with Gasteiger partial charge in [-0.05, 0) is 24.6 Å². The van der Waals surface area contributed by atoms with Gasteiger partial charge in [-0.1, -0.05) is 31.4 Å². The number of rotatable bonds is 6. The summed E-state index contributed by atoms with van der Waals surface area (Å²) in [7, 11) is 1.84. The zero-order valence-corrected chi connectivity index (χ0v) is 14.9. The fourth-order valence-corrected chi connectivity index (χ4v) is 3.09. The predicted octanol–water partition coefficient (Wildman–Crippen LogP) is 4.36. The second-order valence-electron chi connectivity index (χ2n) is 6.15. The van der Waals surface area contributed by atoms with E-state index in [9.17, 15) is 9.18 Å². The fourth-order valence-electron chi connectivity index (χ4n) is 2.87. The van der Waals surface area contributed by atoms with E-state index in [0.29, 0.717) is 16.1 Å². The smallest absolute Gasteiger partial charge is 0.268 e. The van der Waals surface area contributed by atoms with Gasteiger partial charge in [0.15, 0.2) is 0 Å². The molecule has 0 spiro atoms. The van der Waals surface area contributed by atoms with E-state index in [4.69, 9.17) is 11.6 Å². The molecule has 7 heteroatoms. The average molecular weight is 363 g/mol. The number of hydrogen-bond acceptors (Lipinski definition) is 2. The summed E-state index contributed by atoms with van der Waals surface area (Å²) in [6, 6.07) is 4.32. The molecule has 0 aliphatic heterocycles. The number of aromatic amines is 1. The highest BCUT2D eigenvalue weighted by Gasteiger charge is 2.19. The Labute approximate surface area is 150 Å². The van der Waals surface area contributed by atoms with Crippen LogP contribution in [0.15, 0.2) is 30.6 Å². The minimum absolute atomic E-state index is 0.138. The van der Waals surface area contributed by atoms with Crippen molar-refractivity contribution in [1.29, 1.82) is 0 Å². The van der Waals surface area contributed by atoms with Crippen molar-refractivity contribution in [2.24, 2.45) is 7.05 Å². The van der Waals surface area contributed by atoms with Crippen LogP contribution in [0, 0.1) is 5.82 Å². The van der Waals surface area contributed by atoms with Gasteiger partial charge in [-0.25, -0.2) is 4.39 Å². The van der Waals surface area contributed by atoms with E-state index in [1.165, 1.54) is 6.07 Å². The van der Waals surface area contributed by atoms with Gasteiger partial charge in [-0.2, -0.15) is 5.10 Å². The molecule has 5 nitrogen and oxygen atoms in total. The van der Waals surface area contributed by atoms with Crippen molar-refractivity contribution < 1.29 is 9.18 Å². The molecule has 25 heavy (non-hydrogen) atoms. The molecule has 0 aliphatic carbocycles. The van der Waals surface area contributed by atoms with Gasteiger partial charge in [-0.3, -0.25) is 9.48 Å². The van der Waals surface area contributed by atoms with E-state index in [2.05, 4.69) is 22.3 Å². The molecule has 3 rings (SSSR count). The summed E-state index contributed by atoms with van der Waals surface area (Å²) in [5, 5.41) is 8.06. The molecule has 132 valence electrons. The van der Waals surface area contributed by atoms with Crippen LogP contribution in [0.5, 0.6) is 0 Å². The van der Waals surface area contributed by atoms with Crippen molar-refractivity contribution in [2.45, 2.75) is 32.2 Å². The largest absolute Gasteiger partial charge is 0.348 e. The third kappa shape index (κ3) is 3.85.